The Bertz CT molecular complexity index is 355. The molecule has 0 bridgehead atoms. The molecule has 16 heavy (non-hydrogen) atoms. The Morgan fingerprint density at radius 2 is 2.00 bits per heavy atom. The number of ether oxygens (including phenoxy) is 2. The minimum Gasteiger partial charge on any atom is -0.489 e. The molecule has 0 atom stereocenters. The van der Waals surface area contributed by atoms with Gasteiger partial charge in [0.15, 0.2) is 0 Å². The van der Waals surface area contributed by atoms with Gasteiger partial charge in [-0.15, -0.1) is 0 Å². The van der Waals surface area contributed by atoms with Gasteiger partial charge in [0.2, 0.25) is 0 Å². The molecule has 86 valence electrons. The number of hydrogen-bond donors (Lipinski definition) is 0. The summed E-state index contributed by atoms with van der Waals surface area (Å²) in [4.78, 5) is 11.4. The molecule has 0 radical (unpaired) electrons. The van der Waals surface area contributed by atoms with Crippen LogP contribution in [0.4, 0.5) is 0 Å². The van der Waals surface area contributed by atoms with Crippen LogP contribution in [-0.2, 0) is 9.53 Å². The van der Waals surface area contributed by atoms with Crippen LogP contribution in [0.2, 0.25) is 0 Å². The minimum absolute atomic E-state index is 0.235. The summed E-state index contributed by atoms with van der Waals surface area (Å²) in [5.41, 5.74) is 0.533. The first kappa shape index (κ1) is 12.3. The van der Waals surface area contributed by atoms with Gasteiger partial charge in [-0.2, -0.15) is 0 Å². The summed E-state index contributed by atoms with van der Waals surface area (Å²) in [5.74, 6) is 0.423. The number of esters is 1. The minimum atomic E-state index is -0.319. The van der Waals surface area contributed by atoms with Gasteiger partial charge in [0, 0.05) is 0 Å². The average Bonchev–Trinajstić information content (AvgIpc) is 2.31. The second-order valence-electron chi connectivity index (χ2n) is 3.14. The highest BCUT2D eigenvalue weighted by molar-refractivity contribution is 5.88. The van der Waals surface area contributed by atoms with E-state index < -0.39 is 0 Å². The van der Waals surface area contributed by atoms with Crippen molar-refractivity contribution in [1.82, 2.24) is 0 Å². The van der Waals surface area contributed by atoms with Gasteiger partial charge in [-0.3, -0.25) is 0 Å². The normalized spacial score (nSPS) is 11.0. The van der Waals surface area contributed by atoms with Crippen LogP contribution in [0.25, 0.3) is 0 Å². The molecule has 0 N–H and O–H groups in total. The summed E-state index contributed by atoms with van der Waals surface area (Å²) in [7, 11) is 0. The number of carbonyl (C=O) groups is 1. The molecule has 0 unspecified atom stereocenters. The second kappa shape index (κ2) is 6.67. The molecule has 1 rings (SSSR count). The van der Waals surface area contributed by atoms with Crippen molar-refractivity contribution in [3.63, 3.8) is 0 Å². The van der Waals surface area contributed by atoms with Crippen molar-refractivity contribution in [2.45, 2.75) is 13.8 Å². The molecule has 0 heterocycles. The van der Waals surface area contributed by atoms with Crippen molar-refractivity contribution in [3.05, 3.63) is 42.0 Å². The summed E-state index contributed by atoms with van der Waals surface area (Å²) >= 11 is 0. The highest BCUT2D eigenvalue weighted by Gasteiger charge is 2.09. The molecular formula is C13H16O3. The molecule has 0 amide bonds. The van der Waals surface area contributed by atoms with Crippen molar-refractivity contribution in [2.75, 3.05) is 13.2 Å². The summed E-state index contributed by atoms with van der Waals surface area (Å²) in [5, 5.41) is 0. The van der Waals surface area contributed by atoms with E-state index >= 15 is 0 Å². The molecule has 0 saturated heterocycles. The first-order valence-corrected chi connectivity index (χ1v) is 5.28. The van der Waals surface area contributed by atoms with Crippen LogP contribution in [0, 0.1) is 0 Å². The molecule has 1 aromatic rings. The summed E-state index contributed by atoms with van der Waals surface area (Å²) in [6.45, 7) is 4.19. The molecule has 1 aromatic carbocycles. The fourth-order valence-electron chi connectivity index (χ4n) is 1.16. The smallest absolute Gasteiger partial charge is 0.337 e. The van der Waals surface area contributed by atoms with Crippen LogP contribution in [0.15, 0.2) is 42.0 Å². The number of hydrogen-bond acceptors (Lipinski definition) is 3. The zero-order chi connectivity index (χ0) is 11.8. The fourth-order valence-corrected chi connectivity index (χ4v) is 1.16. The summed E-state index contributed by atoms with van der Waals surface area (Å²) in [6, 6.07) is 9.37. The van der Waals surface area contributed by atoms with Gasteiger partial charge >= 0.3 is 5.97 Å². The molecule has 0 aliphatic heterocycles. The van der Waals surface area contributed by atoms with Crippen molar-refractivity contribution in [2.24, 2.45) is 0 Å². The van der Waals surface area contributed by atoms with Crippen LogP contribution in [0.5, 0.6) is 5.75 Å². The summed E-state index contributed by atoms with van der Waals surface area (Å²) in [6.07, 6.45) is 1.71. The fraction of sp³-hybridized carbons (Fsp3) is 0.308. The maximum atomic E-state index is 11.4. The number of allylic oxidation sites excluding steroid dienone is 1. The van der Waals surface area contributed by atoms with E-state index in [1.165, 1.54) is 0 Å². The average molecular weight is 220 g/mol. The maximum Gasteiger partial charge on any atom is 0.337 e. The number of carbonyl (C=O) groups excluding carboxylic acids is 1. The number of rotatable bonds is 5. The Hall–Kier alpha value is -1.77. The molecule has 0 aromatic heterocycles. The van der Waals surface area contributed by atoms with E-state index in [1.54, 1.807) is 19.9 Å². The third-order valence-corrected chi connectivity index (χ3v) is 2.02. The molecule has 0 aliphatic rings. The van der Waals surface area contributed by atoms with Crippen LogP contribution in [-0.4, -0.2) is 19.2 Å². The van der Waals surface area contributed by atoms with Crippen molar-refractivity contribution < 1.29 is 14.3 Å². The molecular weight excluding hydrogens is 204 g/mol. The Balaban J connectivity index is 2.50. The van der Waals surface area contributed by atoms with E-state index in [4.69, 9.17) is 9.47 Å². The van der Waals surface area contributed by atoms with Gasteiger partial charge in [0.1, 0.15) is 12.4 Å². The molecule has 0 saturated carbocycles. The standard InChI is InChI=1S/C13H16O3/c1-3-11(13(14)15-4-2)10-16-12-8-6-5-7-9-12/h3,5-9H,4,10H2,1-2H3/b11-3+. The van der Waals surface area contributed by atoms with Crippen LogP contribution >= 0.6 is 0 Å². The predicted molar refractivity (Wildman–Crippen MR) is 62.3 cm³/mol. The van der Waals surface area contributed by atoms with E-state index in [-0.39, 0.29) is 12.6 Å². The van der Waals surface area contributed by atoms with Gasteiger partial charge in [0.05, 0.1) is 12.2 Å². The highest BCUT2D eigenvalue weighted by atomic mass is 16.5. The number of para-hydroxylation sites is 1. The van der Waals surface area contributed by atoms with E-state index in [1.807, 2.05) is 30.3 Å². The quantitative estimate of drug-likeness (QED) is 0.565. The van der Waals surface area contributed by atoms with Gasteiger partial charge in [-0.1, -0.05) is 24.3 Å². The zero-order valence-corrected chi connectivity index (χ0v) is 9.60. The molecule has 3 heteroatoms. The zero-order valence-electron chi connectivity index (χ0n) is 9.60. The van der Waals surface area contributed by atoms with Gasteiger partial charge in [-0.25, -0.2) is 4.79 Å². The Morgan fingerprint density at radius 3 is 2.56 bits per heavy atom. The molecule has 0 fully saturated rings. The second-order valence-corrected chi connectivity index (χ2v) is 3.14. The Kier molecular flexibility index (Phi) is 5.12. The van der Waals surface area contributed by atoms with Gasteiger partial charge < -0.3 is 9.47 Å². The van der Waals surface area contributed by atoms with E-state index in [0.29, 0.717) is 12.2 Å². The van der Waals surface area contributed by atoms with Gasteiger partial charge in [0.25, 0.3) is 0 Å². The predicted octanol–water partition coefficient (Wildman–Crippen LogP) is 2.57. The van der Waals surface area contributed by atoms with Gasteiger partial charge in [-0.05, 0) is 26.0 Å². The maximum absolute atomic E-state index is 11.4. The third-order valence-electron chi connectivity index (χ3n) is 2.02. The van der Waals surface area contributed by atoms with E-state index in [9.17, 15) is 4.79 Å². The lowest BCUT2D eigenvalue weighted by molar-refractivity contribution is -0.138. The Labute approximate surface area is 95.7 Å². The molecule has 3 nitrogen and oxygen atoms in total. The van der Waals surface area contributed by atoms with Crippen molar-refractivity contribution >= 4 is 5.97 Å². The van der Waals surface area contributed by atoms with Crippen molar-refractivity contribution in [1.29, 1.82) is 0 Å². The lowest BCUT2D eigenvalue weighted by atomic mass is 10.3. The third kappa shape index (κ3) is 3.77. The highest BCUT2D eigenvalue weighted by Crippen LogP contribution is 2.10. The summed E-state index contributed by atoms with van der Waals surface area (Å²) < 4.78 is 10.4. The SMILES string of the molecule is C/C=C(\COc1ccccc1)C(=O)OCC. The lowest BCUT2D eigenvalue weighted by Crippen LogP contribution is -2.14. The van der Waals surface area contributed by atoms with Crippen LogP contribution in [0.1, 0.15) is 13.8 Å². The number of benzene rings is 1. The largest absolute Gasteiger partial charge is 0.489 e. The van der Waals surface area contributed by atoms with E-state index in [0.717, 1.165) is 5.75 Å². The molecule has 0 spiro atoms. The molecule has 0 aliphatic carbocycles. The monoisotopic (exact) mass is 220 g/mol. The lowest BCUT2D eigenvalue weighted by Gasteiger charge is -2.08. The Morgan fingerprint density at radius 1 is 1.31 bits per heavy atom. The van der Waals surface area contributed by atoms with Crippen molar-refractivity contribution in [3.8, 4) is 5.75 Å². The van der Waals surface area contributed by atoms with Crippen LogP contribution in [0.3, 0.4) is 0 Å². The topological polar surface area (TPSA) is 35.5 Å². The van der Waals surface area contributed by atoms with Crippen LogP contribution < -0.4 is 4.74 Å². The first-order chi connectivity index (χ1) is 7.77. The first-order valence-electron chi connectivity index (χ1n) is 5.28. The van der Waals surface area contributed by atoms with E-state index in [2.05, 4.69) is 0 Å².